The van der Waals surface area contributed by atoms with Crippen molar-refractivity contribution in [3.63, 3.8) is 0 Å². The number of carbonyl (C=O) groups excluding carboxylic acids is 1. The molecule has 0 bridgehead atoms. The van der Waals surface area contributed by atoms with Crippen LogP contribution in [0.3, 0.4) is 0 Å². The van der Waals surface area contributed by atoms with Gasteiger partial charge in [-0.2, -0.15) is 0 Å². The monoisotopic (exact) mass is 224 g/mol. The molecule has 0 aliphatic heterocycles. The highest BCUT2D eigenvalue weighted by Gasteiger charge is 2.21. The molecule has 3 heteroatoms. The third-order valence-electron chi connectivity index (χ3n) is 2.79. The molecule has 1 aromatic carbocycles. The fourth-order valence-electron chi connectivity index (χ4n) is 1.98. The maximum Gasteiger partial charge on any atom is 0.139 e. The highest BCUT2D eigenvalue weighted by atomic mass is 35.5. The van der Waals surface area contributed by atoms with Crippen LogP contribution in [-0.2, 0) is 22.4 Å². The number of hydrogen-bond donors (Lipinski definition) is 0. The third kappa shape index (κ3) is 2.39. The molecule has 0 fully saturated rings. The molecule has 1 aromatic rings. The number of ketones is 1. The van der Waals surface area contributed by atoms with Crippen LogP contribution in [0.1, 0.15) is 17.5 Å². The Morgan fingerprint density at radius 1 is 1.33 bits per heavy atom. The first-order valence-corrected chi connectivity index (χ1v) is 5.38. The van der Waals surface area contributed by atoms with Gasteiger partial charge in [0.25, 0.3) is 0 Å². The van der Waals surface area contributed by atoms with Gasteiger partial charge in [-0.3, -0.25) is 4.79 Å². The van der Waals surface area contributed by atoms with Crippen molar-refractivity contribution in [1.29, 1.82) is 0 Å². The van der Waals surface area contributed by atoms with Gasteiger partial charge in [-0.1, -0.05) is 17.7 Å². The lowest BCUT2D eigenvalue weighted by molar-refractivity contribution is -0.120. The van der Waals surface area contributed by atoms with Crippen molar-refractivity contribution >= 4 is 17.4 Å². The van der Waals surface area contributed by atoms with Gasteiger partial charge >= 0.3 is 0 Å². The van der Waals surface area contributed by atoms with E-state index >= 15 is 0 Å². The van der Waals surface area contributed by atoms with Crippen molar-refractivity contribution in [2.75, 3.05) is 7.11 Å². The fourth-order valence-corrected chi connectivity index (χ4v) is 2.17. The lowest BCUT2D eigenvalue weighted by Gasteiger charge is -2.11. The standard InChI is InChI=1S/C12H13ClO2/c1-15-12-6-9-4-10(13)3-2-8(9)5-11(14)7-12/h2-4,12H,5-7H2,1H3. The summed E-state index contributed by atoms with van der Waals surface area (Å²) in [4.78, 5) is 11.6. The van der Waals surface area contributed by atoms with E-state index in [9.17, 15) is 4.79 Å². The molecule has 0 spiro atoms. The Hall–Kier alpha value is -0.860. The second kappa shape index (κ2) is 4.33. The molecule has 0 heterocycles. The zero-order chi connectivity index (χ0) is 10.8. The Morgan fingerprint density at radius 3 is 2.87 bits per heavy atom. The first kappa shape index (κ1) is 10.7. The number of carbonyl (C=O) groups is 1. The van der Waals surface area contributed by atoms with Crippen molar-refractivity contribution in [3.05, 3.63) is 34.3 Å². The van der Waals surface area contributed by atoms with Crippen molar-refractivity contribution in [3.8, 4) is 0 Å². The molecule has 0 saturated heterocycles. The van der Waals surface area contributed by atoms with E-state index in [0.29, 0.717) is 12.8 Å². The normalized spacial score (nSPS) is 20.9. The van der Waals surface area contributed by atoms with E-state index < -0.39 is 0 Å². The van der Waals surface area contributed by atoms with Crippen molar-refractivity contribution in [2.24, 2.45) is 0 Å². The van der Waals surface area contributed by atoms with Crippen LogP contribution in [0.5, 0.6) is 0 Å². The summed E-state index contributed by atoms with van der Waals surface area (Å²) in [6.45, 7) is 0. The Morgan fingerprint density at radius 2 is 2.13 bits per heavy atom. The van der Waals surface area contributed by atoms with Gasteiger partial charge in [0.05, 0.1) is 6.10 Å². The predicted octanol–water partition coefficient (Wildman–Crippen LogP) is 2.41. The van der Waals surface area contributed by atoms with E-state index in [2.05, 4.69) is 0 Å². The van der Waals surface area contributed by atoms with E-state index in [1.165, 1.54) is 0 Å². The van der Waals surface area contributed by atoms with Crippen molar-refractivity contribution in [2.45, 2.75) is 25.4 Å². The molecule has 0 N–H and O–H groups in total. The Bertz CT molecular complexity index is 387. The van der Waals surface area contributed by atoms with E-state index in [1.54, 1.807) is 7.11 Å². The number of ether oxygens (including phenoxy) is 1. The third-order valence-corrected chi connectivity index (χ3v) is 3.03. The minimum atomic E-state index is -0.00258. The van der Waals surface area contributed by atoms with Gasteiger partial charge in [0.2, 0.25) is 0 Å². The lowest BCUT2D eigenvalue weighted by Crippen LogP contribution is -2.16. The summed E-state index contributed by atoms with van der Waals surface area (Å²) in [5.74, 6) is 0.239. The highest BCUT2D eigenvalue weighted by Crippen LogP contribution is 2.23. The number of fused-ring (bicyclic) bond motifs is 1. The summed E-state index contributed by atoms with van der Waals surface area (Å²) in [5, 5.41) is 0.720. The van der Waals surface area contributed by atoms with Crippen LogP contribution in [0.2, 0.25) is 5.02 Å². The molecule has 1 aliphatic rings. The summed E-state index contributed by atoms with van der Waals surface area (Å²) < 4.78 is 5.27. The molecule has 0 aromatic heterocycles. The number of benzene rings is 1. The summed E-state index contributed by atoms with van der Waals surface area (Å²) in [5.41, 5.74) is 2.23. The van der Waals surface area contributed by atoms with Gasteiger partial charge in [-0.15, -0.1) is 0 Å². The average Bonchev–Trinajstić information content (AvgIpc) is 2.35. The maximum absolute atomic E-state index is 11.6. The summed E-state index contributed by atoms with van der Waals surface area (Å²) >= 11 is 5.93. The van der Waals surface area contributed by atoms with Crippen LogP contribution < -0.4 is 0 Å². The molecular weight excluding hydrogens is 212 g/mol. The maximum atomic E-state index is 11.6. The molecule has 1 atom stereocenters. The first-order chi connectivity index (χ1) is 7.19. The van der Waals surface area contributed by atoms with Crippen LogP contribution >= 0.6 is 11.6 Å². The number of rotatable bonds is 1. The predicted molar refractivity (Wildman–Crippen MR) is 59.3 cm³/mol. The minimum Gasteiger partial charge on any atom is -0.381 e. The van der Waals surface area contributed by atoms with Gasteiger partial charge in [-0.05, 0) is 29.7 Å². The van der Waals surface area contributed by atoms with E-state index in [1.807, 2.05) is 18.2 Å². The Balaban J connectivity index is 2.36. The highest BCUT2D eigenvalue weighted by molar-refractivity contribution is 6.30. The van der Waals surface area contributed by atoms with Crippen LogP contribution in [0, 0.1) is 0 Å². The van der Waals surface area contributed by atoms with Crippen LogP contribution in [0.4, 0.5) is 0 Å². The SMILES string of the molecule is COC1CC(=O)Cc2ccc(Cl)cc2C1. The summed E-state index contributed by atoms with van der Waals surface area (Å²) in [6.07, 6.45) is 1.78. The Labute approximate surface area is 94.2 Å². The molecule has 0 saturated carbocycles. The van der Waals surface area contributed by atoms with Crippen LogP contribution in [0.15, 0.2) is 18.2 Å². The smallest absolute Gasteiger partial charge is 0.139 e. The largest absolute Gasteiger partial charge is 0.381 e. The topological polar surface area (TPSA) is 26.3 Å². The zero-order valence-corrected chi connectivity index (χ0v) is 9.38. The molecule has 80 valence electrons. The van der Waals surface area contributed by atoms with Gasteiger partial charge in [0, 0.05) is 25.0 Å². The van der Waals surface area contributed by atoms with E-state index in [-0.39, 0.29) is 11.9 Å². The van der Waals surface area contributed by atoms with Gasteiger partial charge < -0.3 is 4.74 Å². The van der Waals surface area contributed by atoms with Gasteiger partial charge in [0.1, 0.15) is 5.78 Å². The van der Waals surface area contributed by atoms with E-state index in [4.69, 9.17) is 16.3 Å². The Kier molecular flexibility index (Phi) is 3.08. The number of methoxy groups -OCH3 is 1. The molecule has 2 nitrogen and oxygen atoms in total. The number of hydrogen-bond acceptors (Lipinski definition) is 2. The fraction of sp³-hybridized carbons (Fsp3) is 0.417. The van der Waals surface area contributed by atoms with E-state index in [0.717, 1.165) is 22.6 Å². The van der Waals surface area contributed by atoms with Gasteiger partial charge in [-0.25, -0.2) is 0 Å². The average molecular weight is 225 g/mol. The molecule has 1 unspecified atom stereocenters. The quantitative estimate of drug-likeness (QED) is 0.685. The van der Waals surface area contributed by atoms with Gasteiger partial charge in [0.15, 0.2) is 0 Å². The zero-order valence-electron chi connectivity index (χ0n) is 8.63. The minimum absolute atomic E-state index is 0.00258. The molecule has 0 amide bonds. The molecule has 2 rings (SSSR count). The second-order valence-corrected chi connectivity index (χ2v) is 4.33. The molecule has 15 heavy (non-hydrogen) atoms. The number of Topliss-reactive ketones (excluding diaryl/α,β-unsaturated/α-hetero) is 1. The molecule has 0 radical (unpaired) electrons. The van der Waals surface area contributed by atoms with Crippen molar-refractivity contribution < 1.29 is 9.53 Å². The first-order valence-electron chi connectivity index (χ1n) is 5.01. The van der Waals surface area contributed by atoms with Crippen LogP contribution in [0.25, 0.3) is 0 Å². The second-order valence-electron chi connectivity index (χ2n) is 3.89. The molecular formula is C12H13ClO2. The summed E-state index contributed by atoms with van der Waals surface area (Å²) in [6, 6.07) is 5.70. The number of halogens is 1. The summed E-state index contributed by atoms with van der Waals surface area (Å²) in [7, 11) is 1.65. The van der Waals surface area contributed by atoms with Crippen LogP contribution in [-0.4, -0.2) is 19.0 Å². The molecule has 1 aliphatic carbocycles. The van der Waals surface area contributed by atoms with Crippen molar-refractivity contribution in [1.82, 2.24) is 0 Å². The lowest BCUT2D eigenvalue weighted by atomic mass is 10.0.